The Kier molecular flexibility index (Phi) is 4.95. The first-order valence-electron chi connectivity index (χ1n) is 11.8. The van der Waals surface area contributed by atoms with Gasteiger partial charge in [0.05, 0.1) is 28.3 Å². The molecule has 1 aliphatic carbocycles. The minimum atomic E-state index is -0.127. The van der Waals surface area contributed by atoms with Gasteiger partial charge in [0, 0.05) is 36.1 Å². The summed E-state index contributed by atoms with van der Waals surface area (Å²) in [5.74, 6) is 0.123. The molecule has 0 unspecified atom stereocenters. The Bertz CT molecular complexity index is 1520. The number of para-hydroxylation sites is 2. The number of carbonyl (C=O) groups excluding carboxylic acids is 1. The van der Waals surface area contributed by atoms with Crippen molar-refractivity contribution in [2.75, 3.05) is 0 Å². The van der Waals surface area contributed by atoms with Crippen molar-refractivity contribution in [2.24, 2.45) is 5.41 Å². The Balaban J connectivity index is 1.66. The molecule has 6 heteroatoms. The first kappa shape index (κ1) is 21.2. The SMILES string of the molecule is CC1(C)CC(=O)c2c(nn(-c3ccccc3)c2-c2cn(-c3ccccc3)nc2-c2cccnc2)C1. The zero-order chi connectivity index (χ0) is 24.0. The molecule has 6 rings (SSSR count). The average molecular weight is 460 g/mol. The van der Waals surface area contributed by atoms with Crippen molar-refractivity contribution in [1.29, 1.82) is 0 Å². The molecule has 5 aromatic rings. The fraction of sp³-hybridized carbons (Fsp3) is 0.172. The molecule has 0 saturated carbocycles. The third-order valence-corrected chi connectivity index (χ3v) is 6.45. The van der Waals surface area contributed by atoms with Gasteiger partial charge in [0.15, 0.2) is 5.78 Å². The quantitative estimate of drug-likeness (QED) is 0.333. The van der Waals surface area contributed by atoms with E-state index in [0.29, 0.717) is 12.0 Å². The maximum absolute atomic E-state index is 13.6. The minimum absolute atomic E-state index is 0.123. The van der Waals surface area contributed by atoms with Crippen molar-refractivity contribution in [3.8, 4) is 33.9 Å². The summed E-state index contributed by atoms with van der Waals surface area (Å²) in [5, 5.41) is 9.97. The van der Waals surface area contributed by atoms with Gasteiger partial charge in [-0.3, -0.25) is 9.78 Å². The molecule has 0 spiro atoms. The molecular formula is C29H25N5O. The van der Waals surface area contributed by atoms with Crippen molar-refractivity contribution in [1.82, 2.24) is 24.5 Å². The number of aromatic nitrogens is 5. The summed E-state index contributed by atoms with van der Waals surface area (Å²) in [6.07, 6.45) is 6.79. The van der Waals surface area contributed by atoms with Crippen LogP contribution in [0.2, 0.25) is 0 Å². The lowest BCUT2D eigenvalue weighted by Gasteiger charge is -2.27. The average Bonchev–Trinajstić information content (AvgIpc) is 3.47. The summed E-state index contributed by atoms with van der Waals surface area (Å²) in [7, 11) is 0. The molecule has 0 bridgehead atoms. The van der Waals surface area contributed by atoms with Crippen LogP contribution in [0.5, 0.6) is 0 Å². The van der Waals surface area contributed by atoms with Crippen molar-refractivity contribution in [3.63, 3.8) is 0 Å². The van der Waals surface area contributed by atoms with E-state index in [1.165, 1.54) is 0 Å². The van der Waals surface area contributed by atoms with Crippen LogP contribution in [0, 0.1) is 5.41 Å². The van der Waals surface area contributed by atoms with Gasteiger partial charge in [0.2, 0.25) is 0 Å². The lowest BCUT2D eigenvalue weighted by Crippen LogP contribution is -2.26. The lowest BCUT2D eigenvalue weighted by molar-refractivity contribution is 0.0912. The minimum Gasteiger partial charge on any atom is -0.294 e. The summed E-state index contributed by atoms with van der Waals surface area (Å²) in [6, 6.07) is 23.9. The number of carbonyl (C=O) groups is 1. The molecule has 0 amide bonds. The number of nitrogens with zero attached hydrogens (tertiary/aromatic N) is 5. The Hall–Kier alpha value is -4.32. The first-order valence-corrected chi connectivity index (χ1v) is 11.8. The van der Waals surface area contributed by atoms with Crippen molar-refractivity contribution < 1.29 is 4.79 Å². The van der Waals surface area contributed by atoms with Crippen LogP contribution < -0.4 is 0 Å². The summed E-state index contributed by atoms with van der Waals surface area (Å²) in [4.78, 5) is 17.9. The standard InChI is InChI=1S/C29H25N5O/c1-29(2)16-24-26(25(35)17-29)28(34(31-24)22-13-7-4-8-14-22)23-19-33(21-11-5-3-6-12-21)32-27(23)20-10-9-15-30-18-20/h3-15,18-19H,16-17H2,1-2H3. The second kappa shape index (κ2) is 8.17. The topological polar surface area (TPSA) is 65.6 Å². The van der Waals surface area contributed by atoms with Crippen LogP contribution in [0.1, 0.15) is 36.3 Å². The predicted octanol–water partition coefficient (Wildman–Crippen LogP) is 5.94. The highest BCUT2D eigenvalue weighted by Gasteiger charge is 2.37. The maximum Gasteiger partial charge on any atom is 0.167 e. The van der Waals surface area contributed by atoms with E-state index >= 15 is 0 Å². The van der Waals surface area contributed by atoms with E-state index in [9.17, 15) is 4.79 Å². The molecule has 172 valence electrons. The number of rotatable bonds is 4. The Morgan fingerprint density at radius 3 is 2.23 bits per heavy atom. The van der Waals surface area contributed by atoms with Gasteiger partial charge in [-0.1, -0.05) is 50.2 Å². The Morgan fingerprint density at radius 1 is 0.829 bits per heavy atom. The van der Waals surface area contributed by atoms with E-state index in [-0.39, 0.29) is 11.2 Å². The van der Waals surface area contributed by atoms with E-state index < -0.39 is 0 Å². The first-order chi connectivity index (χ1) is 17.0. The van der Waals surface area contributed by atoms with Crippen molar-refractivity contribution in [2.45, 2.75) is 26.7 Å². The second-order valence-corrected chi connectivity index (χ2v) is 9.77. The molecule has 0 atom stereocenters. The monoisotopic (exact) mass is 459 g/mol. The van der Waals surface area contributed by atoms with Gasteiger partial charge in [0.1, 0.15) is 5.69 Å². The maximum atomic E-state index is 13.6. The molecule has 3 aromatic heterocycles. The van der Waals surface area contributed by atoms with E-state index in [4.69, 9.17) is 10.2 Å². The molecule has 0 aliphatic heterocycles. The Labute approximate surface area is 203 Å². The fourth-order valence-electron chi connectivity index (χ4n) is 4.90. The van der Waals surface area contributed by atoms with Crippen LogP contribution in [0.3, 0.4) is 0 Å². The van der Waals surface area contributed by atoms with Gasteiger partial charge in [-0.25, -0.2) is 9.36 Å². The van der Waals surface area contributed by atoms with Crippen LogP contribution in [0.15, 0.2) is 91.4 Å². The highest BCUT2D eigenvalue weighted by Crippen LogP contribution is 2.42. The van der Waals surface area contributed by atoms with Crippen molar-refractivity contribution >= 4 is 5.78 Å². The van der Waals surface area contributed by atoms with Gasteiger partial charge in [-0.2, -0.15) is 10.2 Å². The smallest absolute Gasteiger partial charge is 0.167 e. The van der Waals surface area contributed by atoms with Crippen LogP contribution >= 0.6 is 0 Å². The van der Waals surface area contributed by atoms with E-state index in [1.54, 1.807) is 6.20 Å². The van der Waals surface area contributed by atoms with Crippen molar-refractivity contribution in [3.05, 3.63) is 103 Å². The number of fused-ring (bicyclic) bond motifs is 1. The molecule has 0 saturated heterocycles. The molecule has 0 N–H and O–H groups in total. The molecule has 0 fully saturated rings. The highest BCUT2D eigenvalue weighted by molar-refractivity contribution is 6.05. The third kappa shape index (κ3) is 3.77. The van der Waals surface area contributed by atoms with Crippen LogP contribution in [0.4, 0.5) is 0 Å². The summed E-state index contributed by atoms with van der Waals surface area (Å²) in [5.41, 5.74) is 6.55. The summed E-state index contributed by atoms with van der Waals surface area (Å²) >= 11 is 0. The van der Waals surface area contributed by atoms with Crippen LogP contribution in [-0.2, 0) is 6.42 Å². The van der Waals surface area contributed by atoms with Crippen LogP contribution in [0.25, 0.3) is 33.9 Å². The van der Waals surface area contributed by atoms with Gasteiger partial charge in [-0.05, 0) is 48.2 Å². The largest absolute Gasteiger partial charge is 0.294 e. The van der Waals surface area contributed by atoms with Gasteiger partial charge >= 0.3 is 0 Å². The molecule has 3 heterocycles. The normalized spacial score (nSPS) is 14.6. The fourth-order valence-corrected chi connectivity index (χ4v) is 4.90. The third-order valence-electron chi connectivity index (χ3n) is 6.45. The number of benzene rings is 2. The predicted molar refractivity (Wildman–Crippen MR) is 136 cm³/mol. The molecule has 0 radical (unpaired) electrons. The van der Waals surface area contributed by atoms with Gasteiger partial charge in [0.25, 0.3) is 0 Å². The van der Waals surface area contributed by atoms with E-state index in [1.807, 2.05) is 94.6 Å². The number of ketones is 1. The zero-order valence-electron chi connectivity index (χ0n) is 19.7. The highest BCUT2D eigenvalue weighted by atomic mass is 16.1. The van der Waals surface area contributed by atoms with Crippen LogP contribution in [-0.4, -0.2) is 30.3 Å². The number of hydrogen-bond acceptors (Lipinski definition) is 4. The molecular weight excluding hydrogens is 434 g/mol. The van der Waals surface area contributed by atoms with Gasteiger partial charge < -0.3 is 0 Å². The van der Waals surface area contributed by atoms with Gasteiger partial charge in [-0.15, -0.1) is 0 Å². The molecule has 1 aliphatic rings. The lowest BCUT2D eigenvalue weighted by atomic mass is 9.75. The van der Waals surface area contributed by atoms with E-state index in [0.717, 1.165) is 46.0 Å². The molecule has 2 aromatic carbocycles. The second-order valence-electron chi connectivity index (χ2n) is 9.77. The zero-order valence-corrected chi connectivity index (χ0v) is 19.7. The molecule has 35 heavy (non-hydrogen) atoms. The number of Topliss-reactive ketones (excluding diaryl/α,β-unsaturated/α-hetero) is 1. The molecule has 6 nitrogen and oxygen atoms in total. The van der Waals surface area contributed by atoms with E-state index in [2.05, 4.69) is 18.8 Å². The number of pyridine rings is 1. The summed E-state index contributed by atoms with van der Waals surface area (Å²) in [6.45, 7) is 4.26. The Morgan fingerprint density at radius 2 is 1.54 bits per heavy atom. The summed E-state index contributed by atoms with van der Waals surface area (Å²) < 4.78 is 3.78. The number of hydrogen-bond donors (Lipinski definition) is 0.